The highest BCUT2D eigenvalue weighted by Gasteiger charge is 2.70. The molecule has 0 bridgehead atoms. The van der Waals surface area contributed by atoms with Crippen molar-refractivity contribution in [3.05, 3.63) is 0 Å². The predicted molar refractivity (Wildman–Crippen MR) is 183 cm³/mol. The van der Waals surface area contributed by atoms with Crippen molar-refractivity contribution < 1.29 is 64.2 Å². The van der Waals surface area contributed by atoms with Crippen LogP contribution in [0.25, 0.3) is 0 Å². The number of ether oxygens (including phenoxy) is 6. The van der Waals surface area contributed by atoms with Gasteiger partial charge in [-0.1, -0.05) is 27.7 Å². The quantitative estimate of drug-likeness (QED) is 0.200. The topological polar surface area (TPSA) is 197 Å². The Bertz CT molecular complexity index is 1280. The monoisotopic (exact) mass is 740 g/mol. The largest absolute Gasteiger partial charge is 0.394 e. The van der Waals surface area contributed by atoms with Crippen LogP contribution in [-0.4, -0.2) is 134 Å². The molecule has 298 valence electrons. The molecule has 0 aromatic heterocycles. The smallest absolute Gasteiger partial charge is 0.186 e. The van der Waals surface area contributed by atoms with Gasteiger partial charge in [-0.05, 0) is 105 Å². The molecule has 13 heteroatoms. The van der Waals surface area contributed by atoms with Crippen molar-refractivity contribution >= 4 is 0 Å². The Morgan fingerprint density at radius 1 is 0.673 bits per heavy atom. The fourth-order valence-electron chi connectivity index (χ4n) is 13.2. The van der Waals surface area contributed by atoms with Crippen LogP contribution in [0.1, 0.15) is 92.4 Å². The van der Waals surface area contributed by atoms with E-state index < -0.39 is 73.8 Å². The summed E-state index contributed by atoms with van der Waals surface area (Å²) in [5.41, 5.74) is -0.0739. The van der Waals surface area contributed by atoms with Gasteiger partial charge in [-0.3, -0.25) is 0 Å². The highest BCUT2D eigenvalue weighted by Crippen LogP contribution is 2.71. The summed E-state index contributed by atoms with van der Waals surface area (Å²) >= 11 is 0. The van der Waals surface area contributed by atoms with Crippen LogP contribution in [0.4, 0.5) is 0 Å². The van der Waals surface area contributed by atoms with Crippen LogP contribution in [0, 0.1) is 52.3 Å². The summed E-state index contributed by atoms with van der Waals surface area (Å²) in [6, 6.07) is 0. The zero-order valence-corrected chi connectivity index (χ0v) is 31.4. The minimum atomic E-state index is -1.53. The SMILES string of the molecule is C[C@@H]1CC[C@@]2(OC1)O[C@H]1C[C@H]3[C@@H]4C[C@H](O[C@@H]5O[C@H](C)[C@@H](O)[C@H](O)[C@H]5O)[C@H]5C[C@@H](O[C@@H]6O[C@H](CO)[C@@H](O)[C@H](O)[C@H]6O)CC[C@]5(C)[C@H]4CC[C@]3(C)[C@H]1[C@@H]2C. The van der Waals surface area contributed by atoms with Gasteiger partial charge in [0.1, 0.15) is 42.7 Å². The molecule has 7 N–H and O–H groups in total. The molecule has 23 atom stereocenters. The van der Waals surface area contributed by atoms with Crippen molar-refractivity contribution in [3.63, 3.8) is 0 Å². The summed E-state index contributed by atoms with van der Waals surface area (Å²) in [6.07, 6.45) is -5.22. The van der Waals surface area contributed by atoms with Crippen molar-refractivity contribution in [2.24, 2.45) is 52.3 Å². The summed E-state index contributed by atoms with van der Waals surface area (Å²) in [5, 5.41) is 73.5. The molecule has 4 saturated carbocycles. The van der Waals surface area contributed by atoms with Gasteiger partial charge >= 0.3 is 0 Å². The Kier molecular flexibility index (Phi) is 10.2. The zero-order chi connectivity index (χ0) is 37.1. The molecule has 0 unspecified atom stereocenters. The Balaban J connectivity index is 1.06. The summed E-state index contributed by atoms with van der Waals surface area (Å²) in [5.74, 6) is 1.90. The average Bonchev–Trinajstić information content (AvgIpc) is 3.57. The first-order valence-corrected chi connectivity index (χ1v) is 20.2. The Morgan fingerprint density at radius 3 is 2.06 bits per heavy atom. The molecule has 4 aliphatic heterocycles. The van der Waals surface area contributed by atoms with Crippen LogP contribution >= 0.6 is 0 Å². The van der Waals surface area contributed by atoms with Crippen LogP contribution in [0.15, 0.2) is 0 Å². The lowest BCUT2D eigenvalue weighted by Crippen LogP contribution is -2.63. The fraction of sp³-hybridized carbons (Fsp3) is 1.00. The second-order valence-electron chi connectivity index (χ2n) is 18.8. The molecule has 1 spiro atoms. The summed E-state index contributed by atoms with van der Waals surface area (Å²) < 4.78 is 38.5. The molecule has 52 heavy (non-hydrogen) atoms. The maximum absolute atomic E-state index is 11.1. The van der Waals surface area contributed by atoms with Gasteiger partial charge in [0, 0.05) is 12.3 Å². The summed E-state index contributed by atoms with van der Waals surface area (Å²) in [4.78, 5) is 0. The van der Waals surface area contributed by atoms with Gasteiger partial charge in [-0.25, -0.2) is 0 Å². The van der Waals surface area contributed by atoms with Crippen LogP contribution in [-0.2, 0) is 28.4 Å². The van der Waals surface area contributed by atoms with E-state index in [4.69, 9.17) is 28.4 Å². The Morgan fingerprint density at radius 2 is 1.37 bits per heavy atom. The molecular formula is C39H64O13. The van der Waals surface area contributed by atoms with Gasteiger partial charge in [0.05, 0.1) is 37.6 Å². The standard InChI is InChI=1S/C39H64O13/c1-17-6-11-39(47-16-17)18(2)28-26(52-39)14-23-21-13-25(50-35-33(45)31(43)29(41)19(3)48-35)24-12-20(7-9-37(24,4)22(21)8-10-38(23,28)5)49-36-34(46)32(44)30(42)27(15-40)51-36/h17-36,40-46H,6-16H2,1-5H3/t17-,18+,19-,20+,21-,22+,23+,24-,25+,26+,27-,28+,29-,30-,31+,32+,33-,34-,35+,36-,37-,38+,39-/m1/s1. The molecule has 0 aromatic carbocycles. The van der Waals surface area contributed by atoms with Crippen LogP contribution in [0.3, 0.4) is 0 Å². The van der Waals surface area contributed by atoms with Crippen LogP contribution in [0.2, 0.25) is 0 Å². The molecular weight excluding hydrogens is 676 g/mol. The molecule has 13 nitrogen and oxygen atoms in total. The average molecular weight is 741 g/mol. The van der Waals surface area contributed by atoms with Gasteiger partial charge in [-0.2, -0.15) is 0 Å². The third-order valence-electron chi connectivity index (χ3n) is 16.2. The number of hydrogen-bond donors (Lipinski definition) is 7. The van der Waals surface area contributed by atoms with Gasteiger partial charge in [0.25, 0.3) is 0 Å². The van der Waals surface area contributed by atoms with Gasteiger partial charge in [0.15, 0.2) is 18.4 Å². The third-order valence-corrected chi connectivity index (χ3v) is 16.2. The maximum Gasteiger partial charge on any atom is 0.186 e. The second-order valence-corrected chi connectivity index (χ2v) is 18.8. The molecule has 4 saturated heterocycles. The minimum Gasteiger partial charge on any atom is -0.394 e. The third kappa shape index (κ3) is 5.89. The van der Waals surface area contributed by atoms with E-state index in [1.807, 2.05) is 0 Å². The predicted octanol–water partition coefficient (Wildman–Crippen LogP) is 1.44. The van der Waals surface area contributed by atoms with Crippen LogP contribution in [0.5, 0.6) is 0 Å². The second kappa shape index (κ2) is 13.8. The Hall–Kier alpha value is -0.520. The van der Waals surface area contributed by atoms with E-state index in [0.29, 0.717) is 48.3 Å². The van der Waals surface area contributed by atoms with Gasteiger partial charge < -0.3 is 64.2 Å². The number of aliphatic hydroxyl groups is 7. The lowest BCUT2D eigenvalue weighted by atomic mass is 9.43. The number of aliphatic hydroxyl groups excluding tert-OH is 7. The van der Waals surface area contributed by atoms with Gasteiger partial charge in [-0.15, -0.1) is 0 Å². The highest BCUT2D eigenvalue weighted by atomic mass is 16.7. The lowest BCUT2D eigenvalue weighted by molar-refractivity contribution is -0.332. The highest BCUT2D eigenvalue weighted by molar-refractivity contribution is 5.16. The molecule has 0 amide bonds. The van der Waals surface area contributed by atoms with Crippen molar-refractivity contribution in [2.45, 2.75) is 178 Å². The van der Waals surface area contributed by atoms with Crippen LogP contribution < -0.4 is 0 Å². The van der Waals surface area contributed by atoms with Crippen molar-refractivity contribution in [1.29, 1.82) is 0 Å². The normalized spacial score (nSPS) is 60.5. The first-order valence-electron chi connectivity index (χ1n) is 20.2. The van der Waals surface area contributed by atoms with Gasteiger partial charge in [0.2, 0.25) is 0 Å². The zero-order valence-electron chi connectivity index (χ0n) is 31.4. The first kappa shape index (κ1) is 38.4. The van der Waals surface area contributed by atoms with E-state index in [9.17, 15) is 35.7 Å². The number of fused-ring (bicyclic) bond motifs is 7. The molecule has 0 aromatic rings. The number of rotatable bonds is 5. The minimum absolute atomic E-state index is 0.0335. The molecule has 4 aliphatic carbocycles. The molecule has 8 rings (SSSR count). The van der Waals surface area contributed by atoms with E-state index in [2.05, 4.69) is 27.7 Å². The van der Waals surface area contributed by atoms with E-state index in [0.717, 1.165) is 51.6 Å². The Labute approximate surface area is 307 Å². The summed E-state index contributed by atoms with van der Waals surface area (Å²) in [7, 11) is 0. The van der Waals surface area contributed by atoms with E-state index >= 15 is 0 Å². The van der Waals surface area contributed by atoms with E-state index in [-0.39, 0.29) is 35.1 Å². The molecule has 4 heterocycles. The first-order chi connectivity index (χ1) is 24.6. The van der Waals surface area contributed by atoms with Crippen molar-refractivity contribution in [2.75, 3.05) is 13.2 Å². The fourth-order valence-corrected chi connectivity index (χ4v) is 13.2. The molecule has 8 aliphatic rings. The van der Waals surface area contributed by atoms with E-state index in [1.54, 1.807) is 6.92 Å². The van der Waals surface area contributed by atoms with E-state index in [1.165, 1.54) is 0 Å². The van der Waals surface area contributed by atoms with Crippen molar-refractivity contribution in [3.8, 4) is 0 Å². The maximum atomic E-state index is 11.1. The van der Waals surface area contributed by atoms with Crippen molar-refractivity contribution in [1.82, 2.24) is 0 Å². The lowest BCUT2D eigenvalue weighted by Gasteiger charge is -2.63. The molecule has 8 fully saturated rings. The summed E-state index contributed by atoms with van der Waals surface area (Å²) in [6.45, 7) is 11.3. The molecule has 0 radical (unpaired) electrons. The number of hydrogen-bond acceptors (Lipinski definition) is 13.